The number of aromatic nitrogens is 2. The Morgan fingerprint density at radius 2 is 2.04 bits per heavy atom. The molecule has 3 aromatic rings. The second-order valence-electron chi connectivity index (χ2n) is 5.01. The fourth-order valence-corrected chi connectivity index (χ4v) is 3.91. The average Bonchev–Trinajstić information content (AvgIpc) is 3.14. The van der Waals surface area contributed by atoms with Crippen LogP contribution in [-0.4, -0.2) is 21.4 Å². The van der Waals surface area contributed by atoms with E-state index in [2.05, 4.69) is 10.4 Å². The molecule has 3 rings (SSSR count). The summed E-state index contributed by atoms with van der Waals surface area (Å²) in [6.45, 7) is 1.80. The van der Waals surface area contributed by atoms with Crippen LogP contribution in [0.4, 0.5) is 14.6 Å². The number of thioether (sulfide) groups is 1. The van der Waals surface area contributed by atoms with Crippen LogP contribution < -0.4 is 5.32 Å². The van der Waals surface area contributed by atoms with Crippen LogP contribution in [0.5, 0.6) is 0 Å². The van der Waals surface area contributed by atoms with Gasteiger partial charge in [-0.2, -0.15) is 13.9 Å². The molecule has 0 saturated heterocycles. The molecule has 0 atom stereocenters. The van der Waals surface area contributed by atoms with Gasteiger partial charge in [0.25, 0.3) is 11.7 Å². The van der Waals surface area contributed by atoms with Crippen LogP contribution in [-0.2, 0) is 0 Å². The van der Waals surface area contributed by atoms with Crippen molar-refractivity contribution in [1.82, 2.24) is 9.78 Å². The van der Waals surface area contributed by atoms with Crippen molar-refractivity contribution in [2.45, 2.75) is 17.6 Å². The van der Waals surface area contributed by atoms with Crippen LogP contribution in [0.2, 0.25) is 5.02 Å². The number of anilines is 1. The van der Waals surface area contributed by atoms with E-state index in [4.69, 9.17) is 11.6 Å². The number of nitrogens with one attached hydrogen (secondary N) is 1. The van der Waals surface area contributed by atoms with Crippen molar-refractivity contribution < 1.29 is 13.6 Å². The summed E-state index contributed by atoms with van der Waals surface area (Å²) in [6, 6.07) is 10.2. The molecule has 0 bridgehead atoms. The molecule has 130 valence electrons. The highest BCUT2D eigenvalue weighted by Crippen LogP contribution is 2.32. The Kier molecular flexibility index (Phi) is 5.41. The van der Waals surface area contributed by atoms with Crippen LogP contribution in [0, 0.1) is 6.92 Å². The van der Waals surface area contributed by atoms with Gasteiger partial charge in [0.05, 0.1) is 11.4 Å². The van der Waals surface area contributed by atoms with Crippen LogP contribution in [0.1, 0.15) is 15.4 Å². The van der Waals surface area contributed by atoms with E-state index >= 15 is 0 Å². The van der Waals surface area contributed by atoms with E-state index in [-0.39, 0.29) is 9.77 Å². The van der Waals surface area contributed by atoms with Gasteiger partial charge in [-0.25, -0.2) is 4.68 Å². The molecule has 1 amide bonds. The van der Waals surface area contributed by atoms with Gasteiger partial charge in [-0.3, -0.25) is 4.79 Å². The Balaban J connectivity index is 1.87. The molecule has 25 heavy (non-hydrogen) atoms. The number of halogens is 3. The number of hydrogen-bond acceptors (Lipinski definition) is 4. The molecule has 0 spiro atoms. The van der Waals surface area contributed by atoms with Gasteiger partial charge in [-0.15, -0.1) is 11.3 Å². The maximum atomic E-state index is 12.6. The molecule has 0 unspecified atom stereocenters. The molecule has 0 aliphatic rings. The fraction of sp³-hybridized carbons (Fsp3) is 0.125. The maximum absolute atomic E-state index is 12.6. The van der Waals surface area contributed by atoms with E-state index < -0.39 is 11.7 Å². The highest BCUT2D eigenvalue weighted by atomic mass is 35.5. The predicted octanol–water partition coefficient (Wildman–Crippen LogP) is 5.46. The molecule has 0 saturated carbocycles. The van der Waals surface area contributed by atoms with E-state index in [0.717, 1.165) is 17.0 Å². The zero-order chi connectivity index (χ0) is 18.0. The van der Waals surface area contributed by atoms with Gasteiger partial charge in [0.2, 0.25) is 0 Å². The molecule has 1 N–H and O–H groups in total. The molecular formula is C16H12ClF2N3OS2. The third-order valence-corrected chi connectivity index (χ3v) is 5.26. The number of thiophene rings is 1. The Hall–Kier alpha value is -1.90. The molecular weight excluding hydrogens is 388 g/mol. The lowest BCUT2D eigenvalue weighted by Gasteiger charge is -2.09. The van der Waals surface area contributed by atoms with Crippen molar-refractivity contribution in [3.63, 3.8) is 0 Å². The lowest BCUT2D eigenvalue weighted by Crippen LogP contribution is -2.14. The number of aryl methyl sites for hydroxylation is 1. The third kappa shape index (κ3) is 4.20. The number of carbonyl (C=O) groups is 1. The van der Waals surface area contributed by atoms with Gasteiger partial charge in [-0.05, 0) is 42.6 Å². The summed E-state index contributed by atoms with van der Waals surface area (Å²) in [5.74, 6) is -2.58. The normalized spacial score (nSPS) is 11.1. The number of amides is 1. The quantitative estimate of drug-likeness (QED) is 0.579. The lowest BCUT2D eigenvalue weighted by molar-refractivity contribution is 0.102. The topological polar surface area (TPSA) is 46.9 Å². The molecule has 2 heterocycles. The van der Waals surface area contributed by atoms with Crippen LogP contribution in [0.25, 0.3) is 5.69 Å². The number of nitrogens with zero attached hydrogens (tertiary/aromatic N) is 2. The first-order chi connectivity index (χ1) is 11.9. The van der Waals surface area contributed by atoms with Gasteiger partial charge in [0.15, 0.2) is 0 Å². The Morgan fingerprint density at radius 3 is 2.72 bits per heavy atom. The molecule has 0 fully saturated rings. The van der Waals surface area contributed by atoms with Crippen molar-refractivity contribution in [2.24, 2.45) is 0 Å². The van der Waals surface area contributed by atoms with Crippen LogP contribution >= 0.6 is 34.7 Å². The highest BCUT2D eigenvalue weighted by Gasteiger charge is 2.19. The lowest BCUT2D eigenvalue weighted by atomic mass is 10.3. The smallest absolute Gasteiger partial charge is 0.288 e. The number of carbonyl (C=O) groups excluding carboxylic acids is 1. The minimum atomic E-state index is -2.58. The number of benzene rings is 1. The summed E-state index contributed by atoms with van der Waals surface area (Å²) in [5.41, 5.74) is 1.43. The van der Waals surface area contributed by atoms with E-state index in [0.29, 0.717) is 28.3 Å². The first-order valence-corrected chi connectivity index (χ1v) is 9.24. The van der Waals surface area contributed by atoms with Crippen LogP contribution in [0.3, 0.4) is 0 Å². The minimum absolute atomic E-state index is 0.242. The highest BCUT2D eigenvalue weighted by molar-refractivity contribution is 7.99. The van der Waals surface area contributed by atoms with Crippen molar-refractivity contribution in [3.05, 3.63) is 57.4 Å². The molecule has 2 aromatic heterocycles. The van der Waals surface area contributed by atoms with Crippen molar-refractivity contribution in [1.29, 1.82) is 0 Å². The predicted molar refractivity (Wildman–Crippen MR) is 97.4 cm³/mol. The van der Waals surface area contributed by atoms with E-state index in [1.807, 2.05) is 0 Å². The summed E-state index contributed by atoms with van der Waals surface area (Å²) in [6.07, 6.45) is 0. The SMILES string of the molecule is Cc1cc(NC(=O)c2sccc2SC(F)F)n(-c2ccc(Cl)cc2)n1. The molecule has 0 radical (unpaired) electrons. The zero-order valence-electron chi connectivity index (χ0n) is 12.9. The van der Waals surface area contributed by atoms with Crippen molar-refractivity contribution in [2.75, 3.05) is 5.32 Å². The number of hydrogen-bond donors (Lipinski definition) is 1. The fourth-order valence-electron chi connectivity index (χ4n) is 2.19. The summed E-state index contributed by atoms with van der Waals surface area (Å²) in [4.78, 5) is 13.0. The van der Waals surface area contributed by atoms with Gasteiger partial charge in [0.1, 0.15) is 10.7 Å². The van der Waals surface area contributed by atoms with E-state index in [1.54, 1.807) is 47.3 Å². The summed E-state index contributed by atoms with van der Waals surface area (Å²) < 4.78 is 26.8. The minimum Gasteiger partial charge on any atom is -0.306 e. The molecule has 1 aromatic carbocycles. The molecule has 9 heteroatoms. The third-order valence-electron chi connectivity index (χ3n) is 3.20. The van der Waals surface area contributed by atoms with E-state index in [9.17, 15) is 13.6 Å². The maximum Gasteiger partial charge on any atom is 0.288 e. The van der Waals surface area contributed by atoms with E-state index in [1.165, 1.54) is 6.07 Å². The Labute approximate surface area is 155 Å². The first-order valence-electron chi connectivity index (χ1n) is 7.10. The molecule has 0 aliphatic carbocycles. The van der Waals surface area contributed by atoms with Gasteiger partial charge in [0, 0.05) is 16.0 Å². The monoisotopic (exact) mass is 399 g/mol. The largest absolute Gasteiger partial charge is 0.306 e. The van der Waals surface area contributed by atoms with Crippen LogP contribution in [0.15, 0.2) is 46.7 Å². The second-order valence-corrected chi connectivity index (χ2v) is 7.39. The standard InChI is InChI=1S/C16H12ClF2N3OS2/c1-9-8-13(22(21-9)11-4-2-10(17)3-5-11)20-15(23)14-12(6-7-24-14)25-16(18)19/h2-8,16H,1H3,(H,20,23). The van der Waals surface area contributed by atoms with Gasteiger partial charge < -0.3 is 5.32 Å². The Bertz CT molecular complexity index is 893. The van der Waals surface area contributed by atoms with Crippen molar-refractivity contribution in [3.8, 4) is 5.69 Å². The number of alkyl halides is 2. The zero-order valence-corrected chi connectivity index (χ0v) is 15.3. The van der Waals surface area contributed by atoms with Gasteiger partial charge in [-0.1, -0.05) is 23.4 Å². The Morgan fingerprint density at radius 1 is 1.32 bits per heavy atom. The molecule has 4 nitrogen and oxygen atoms in total. The number of rotatable bonds is 5. The van der Waals surface area contributed by atoms with Crippen molar-refractivity contribution >= 4 is 46.4 Å². The molecule has 0 aliphatic heterocycles. The summed E-state index contributed by atoms with van der Waals surface area (Å²) >= 11 is 7.37. The van der Waals surface area contributed by atoms with Gasteiger partial charge >= 0.3 is 0 Å². The first kappa shape index (κ1) is 17.9. The average molecular weight is 400 g/mol. The summed E-state index contributed by atoms with van der Waals surface area (Å²) in [5, 5.41) is 9.29. The second kappa shape index (κ2) is 7.55. The summed E-state index contributed by atoms with van der Waals surface area (Å²) in [7, 11) is 0.